The Morgan fingerprint density at radius 2 is 1.81 bits per heavy atom. The number of rotatable bonds is 3. The Morgan fingerprint density at radius 1 is 1.05 bits per heavy atom. The van der Waals surface area contributed by atoms with Gasteiger partial charge in [0.2, 0.25) is 0 Å². The summed E-state index contributed by atoms with van der Waals surface area (Å²) >= 11 is 0. The van der Waals surface area contributed by atoms with E-state index in [4.69, 9.17) is 0 Å². The zero-order valence-corrected chi connectivity index (χ0v) is 12.8. The maximum atomic E-state index is 4.38. The highest BCUT2D eigenvalue weighted by atomic mass is 15.2. The van der Waals surface area contributed by atoms with E-state index in [1.807, 2.05) is 29.0 Å². The van der Waals surface area contributed by atoms with Crippen molar-refractivity contribution in [1.29, 1.82) is 0 Å². The fourth-order valence-electron chi connectivity index (χ4n) is 2.61. The standard InChI is InChI=1S/C18H21N3/c1-18(2,3)15-8-4-5-9-16(15)19-12-14-13-20-21-11-7-6-10-17(14)21/h4-11,13,19H,12H2,1-3H3. The highest BCUT2D eigenvalue weighted by Crippen LogP contribution is 2.29. The lowest BCUT2D eigenvalue weighted by molar-refractivity contribution is 0.591. The molecule has 0 unspecified atom stereocenters. The molecule has 3 nitrogen and oxygen atoms in total. The minimum absolute atomic E-state index is 0.130. The normalized spacial score (nSPS) is 11.8. The fraction of sp³-hybridized carbons (Fsp3) is 0.278. The third kappa shape index (κ3) is 2.77. The molecule has 2 aromatic heterocycles. The van der Waals surface area contributed by atoms with Gasteiger partial charge in [0.15, 0.2) is 0 Å². The maximum Gasteiger partial charge on any atom is 0.0711 e. The summed E-state index contributed by atoms with van der Waals surface area (Å²) in [4.78, 5) is 0. The summed E-state index contributed by atoms with van der Waals surface area (Å²) in [6.45, 7) is 7.50. The first-order valence-electron chi connectivity index (χ1n) is 7.30. The number of benzene rings is 1. The lowest BCUT2D eigenvalue weighted by Gasteiger charge is -2.23. The molecule has 3 heteroatoms. The van der Waals surface area contributed by atoms with Crippen molar-refractivity contribution in [1.82, 2.24) is 9.61 Å². The summed E-state index contributed by atoms with van der Waals surface area (Å²) in [5, 5.41) is 7.94. The molecule has 2 heterocycles. The maximum absolute atomic E-state index is 4.38. The molecule has 1 aromatic carbocycles. The summed E-state index contributed by atoms with van der Waals surface area (Å²) in [5.41, 5.74) is 5.02. The van der Waals surface area contributed by atoms with Crippen LogP contribution in [0.5, 0.6) is 0 Å². The largest absolute Gasteiger partial charge is 0.381 e. The van der Waals surface area contributed by atoms with Gasteiger partial charge in [-0.1, -0.05) is 45.0 Å². The summed E-state index contributed by atoms with van der Waals surface area (Å²) < 4.78 is 1.91. The minimum Gasteiger partial charge on any atom is -0.381 e. The molecule has 0 aliphatic heterocycles. The lowest BCUT2D eigenvalue weighted by atomic mass is 9.86. The number of para-hydroxylation sites is 1. The van der Waals surface area contributed by atoms with E-state index < -0.39 is 0 Å². The van der Waals surface area contributed by atoms with Crippen LogP contribution in [0, 0.1) is 0 Å². The number of anilines is 1. The molecule has 0 aliphatic rings. The van der Waals surface area contributed by atoms with Gasteiger partial charge in [0, 0.05) is 24.0 Å². The Bertz CT molecular complexity index is 750. The minimum atomic E-state index is 0.130. The monoisotopic (exact) mass is 279 g/mol. The Labute approximate surface area is 125 Å². The van der Waals surface area contributed by atoms with Crippen LogP contribution >= 0.6 is 0 Å². The molecule has 0 amide bonds. The molecule has 0 bridgehead atoms. The van der Waals surface area contributed by atoms with Gasteiger partial charge < -0.3 is 5.32 Å². The zero-order valence-electron chi connectivity index (χ0n) is 12.8. The first-order valence-corrected chi connectivity index (χ1v) is 7.30. The van der Waals surface area contributed by atoms with Crippen LogP contribution < -0.4 is 5.32 Å². The van der Waals surface area contributed by atoms with Crippen LogP contribution in [0.25, 0.3) is 5.52 Å². The number of pyridine rings is 1. The molecule has 0 atom stereocenters. The van der Waals surface area contributed by atoms with Gasteiger partial charge in [-0.05, 0) is 29.2 Å². The molecule has 108 valence electrons. The predicted octanol–water partition coefficient (Wildman–Crippen LogP) is 4.24. The number of nitrogens with zero attached hydrogens (tertiary/aromatic N) is 2. The molecule has 21 heavy (non-hydrogen) atoms. The van der Waals surface area contributed by atoms with E-state index in [-0.39, 0.29) is 5.41 Å². The molecule has 3 rings (SSSR count). The van der Waals surface area contributed by atoms with Crippen molar-refractivity contribution < 1.29 is 0 Å². The second-order valence-corrected chi connectivity index (χ2v) is 6.35. The van der Waals surface area contributed by atoms with Gasteiger partial charge in [0.1, 0.15) is 0 Å². The smallest absolute Gasteiger partial charge is 0.0711 e. The summed E-state index contributed by atoms with van der Waals surface area (Å²) in [5.74, 6) is 0. The van der Waals surface area contributed by atoms with Crippen molar-refractivity contribution in [3.63, 3.8) is 0 Å². The van der Waals surface area contributed by atoms with Gasteiger partial charge in [-0.3, -0.25) is 0 Å². The SMILES string of the molecule is CC(C)(C)c1ccccc1NCc1cnn2ccccc12. The van der Waals surface area contributed by atoms with Crippen LogP contribution in [0.2, 0.25) is 0 Å². The average molecular weight is 279 g/mol. The predicted molar refractivity (Wildman–Crippen MR) is 87.7 cm³/mol. The van der Waals surface area contributed by atoms with Crippen LogP contribution in [0.3, 0.4) is 0 Å². The molecule has 0 radical (unpaired) electrons. The van der Waals surface area contributed by atoms with Gasteiger partial charge in [0.25, 0.3) is 0 Å². The van der Waals surface area contributed by atoms with Gasteiger partial charge in [0.05, 0.1) is 11.7 Å². The average Bonchev–Trinajstić information content (AvgIpc) is 2.88. The molecule has 1 N–H and O–H groups in total. The number of fused-ring (bicyclic) bond motifs is 1. The molecule has 0 fully saturated rings. The Hall–Kier alpha value is -2.29. The van der Waals surface area contributed by atoms with Crippen molar-refractivity contribution >= 4 is 11.2 Å². The van der Waals surface area contributed by atoms with Crippen LogP contribution in [0.4, 0.5) is 5.69 Å². The molecule has 3 aromatic rings. The van der Waals surface area contributed by atoms with E-state index in [0.717, 1.165) is 12.1 Å². The molecule has 0 aliphatic carbocycles. The Balaban J connectivity index is 1.86. The van der Waals surface area contributed by atoms with Crippen molar-refractivity contribution in [2.45, 2.75) is 32.7 Å². The van der Waals surface area contributed by atoms with E-state index in [2.05, 4.69) is 61.5 Å². The third-order valence-electron chi connectivity index (χ3n) is 3.71. The summed E-state index contributed by atoms with van der Waals surface area (Å²) in [7, 11) is 0. The number of hydrogen-bond donors (Lipinski definition) is 1. The quantitative estimate of drug-likeness (QED) is 0.777. The Kier molecular flexibility index (Phi) is 3.42. The van der Waals surface area contributed by atoms with Gasteiger partial charge in [-0.2, -0.15) is 5.10 Å². The molecule has 0 saturated heterocycles. The van der Waals surface area contributed by atoms with E-state index in [9.17, 15) is 0 Å². The zero-order chi connectivity index (χ0) is 14.9. The molecule has 0 spiro atoms. The fourth-order valence-corrected chi connectivity index (χ4v) is 2.61. The second-order valence-electron chi connectivity index (χ2n) is 6.35. The molecular formula is C18H21N3. The van der Waals surface area contributed by atoms with Crippen LogP contribution in [0.1, 0.15) is 31.9 Å². The molecule has 0 saturated carbocycles. The topological polar surface area (TPSA) is 29.3 Å². The summed E-state index contributed by atoms with van der Waals surface area (Å²) in [6.07, 6.45) is 3.91. The van der Waals surface area contributed by atoms with E-state index in [1.165, 1.54) is 16.8 Å². The van der Waals surface area contributed by atoms with Crippen molar-refractivity contribution in [2.24, 2.45) is 0 Å². The van der Waals surface area contributed by atoms with Crippen LogP contribution in [0.15, 0.2) is 54.9 Å². The van der Waals surface area contributed by atoms with Crippen molar-refractivity contribution in [3.05, 3.63) is 66.0 Å². The first kappa shape index (κ1) is 13.7. The number of hydrogen-bond acceptors (Lipinski definition) is 2. The van der Waals surface area contributed by atoms with Gasteiger partial charge >= 0.3 is 0 Å². The van der Waals surface area contributed by atoms with Crippen molar-refractivity contribution in [2.75, 3.05) is 5.32 Å². The highest BCUT2D eigenvalue weighted by molar-refractivity contribution is 5.58. The first-order chi connectivity index (χ1) is 10.1. The van der Waals surface area contributed by atoms with Crippen LogP contribution in [-0.2, 0) is 12.0 Å². The van der Waals surface area contributed by atoms with Gasteiger partial charge in [-0.25, -0.2) is 4.52 Å². The lowest BCUT2D eigenvalue weighted by Crippen LogP contribution is -2.14. The summed E-state index contributed by atoms with van der Waals surface area (Å²) in [6, 6.07) is 14.6. The highest BCUT2D eigenvalue weighted by Gasteiger charge is 2.17. The van der Waals surface area contributed by atoms with E-state index in [0.29, 0.717) is 0 Å². The molecular weight excluding hydrogens is 258 g/mol. The van der Waals surface area contributed by atoms with E-state index >= 15 is 0 Å². The number of aromatic nitrogens is 2. The number of nitrogens with one attached hydrogen (secondary N) is 1. The second kappa shape index (κ2) is 5.24. The van der Waals surface area contributed by atoms with Gasteiger partial charge in [-0.15, -0.1) is 0 Å². The third-order valence-corrected chi connectivity index (χ3v) is 3.71. The Morgan fingerprint density at radius 3 is 2.62 bits per heavy atom. The van der Waals surface area contributed by atoms with Crippen LogP contribution in [-0.4, -0.2) is 9.61 Å². The van der Waals surface area contributed by atoms with Crippen molar-refractivity contribution in [3.8, 4) is 0 Å². The van der Waals surface area contributed by atoms with E-state index in [1.54, 1.807) is 0 Å².